The Morgan fingerprint density at radius 2 is 2.18 bits per heavy atom. The summed E-state index contributed by atoms with van der Waals surface area (Å²) in [6.07, 6.45) is 5.03. The average Bonchev–Trinajstić information content (AvgIpc) is 3.25. The zero-order valence-corrected chi connectivity index (χ0v) is 15.9. The van der Waals surface area contributed by atoms with E-state index in [1.807, 2.05) is 12.1 Å². The summed E-state index contributed by atoms with van der Waals surface area (Å²) in [6.45, 7) is 3.52. The van der Waals surface area contributed by atoms with Gasteiger partial charge in [0.1, 0.15) is 11.6 Å². The Morgan fingerprint density at radius 3 is 2.82 bits per heavy atom. The largest absolute Gasteiger partial charge is 0.435 e. The molecule has 0 aromatic carbocycles. The molecule has 0 aliphatic carbocycles. The predicted molar refractivity (Wildman–Crippen MR) is 104 cm³/mol. The van der Waals surface area contributed by atoms with Gasteiger partial charge in [-0.15, -0.1) is 11.3 Å². The second kappa shape index (κ2) is 6.87. The Hall–Kier alpha value is -3.57. The molecular formula is C20H14N4O3S. The average molecular weight is 390 g/mol. The summed E-state index contributed by atoms with van der Waals surface area (Å²) in [5, 5.41) is 9.31. The number of hydrogen-bond donors (Lipinski definition) is 0. The third-order valence-electron chi connectivity index (χ3n) is 4.45. The summed E-state index contributed by atoms with van der Waals surface area (Å²) in [4.78, 5) is 36.0. The summed E-state index contributed by atoms with van der Waals surface area (Å²) in [6, 6.07) is 7.37. The lowest BCUT2D eigenvalue weighted by molar-refractivity contribution is -0.140. The van der Waals surface area contributed by atoms with Crippen LogP contribution in [-0.2, 0) is 9.59 Å². The van der Waals surface area contributed by atoms with Gasteiger partial charge in [-0.1, -0.05) is 0 Å². The number of imide groups is 1. The first kappa shape index (κ1) is 17.8. The molecule has 4 rings (SSSR count). The van der Waals surface area contributed by atoms with Gasteiger partial charge in [-0.2, -0.15) is 10.2 Å². The fraction of sp³-hybridized carbons (Fsp3) is 0.150. The number of amides is 2. The highest BCUT2D eigenvalue weighted by Crippen LogP contribution is 2.33. The van der Waals surface area contributed by atoms with Gasteiger partial charge < -0.3 is 4.42 Å². The standard InChI is InChI=1S/C20H14N4O3S/c1-3-24-19(25)14(11(2)15(9-21)20(24)26)7-13-8-16-18(28-13)23-17(27-16)12-5-4-6-22-10-12/h4-8,10H,3H2,1-2H3/b14-7-. The highest BCUT2D eigenvalue weighted by molar-refractivity contribution is 7.19. The Morgan fingerprint density at radius 1 is 1.36 bits per heavy atom. The number of aromatic nitrogens is 2. The molecule has 2 amide bonds. The van der Waals surface area contributed by atoms with E-state index in [9.17, 15) is 14.9 Å². The number of thiophene rings is 1. The highest BCUT2D eigenvalue weighted by Gasteiger charge is 2.34. The van der Waals surface area contributed by atoms with Crippen LogP contribution in [0, 0.1) is 11.3 Å². The Balaban J connectivity index is 1.76. The second-order valence-electron chi connectivity index (χ2n) is 6.10. The van der Waals surface area contributed by atoms with Gasteiger partial charge in [0.25, 0.3) is 11.8 Å². The number of carbonyl (C=O) groups is 2. The van der Waals surface area contributed by atoms with Gasteiger partial charge in [-0.3, -0.25) is 19.5 Å². The predicted octanol–water partition coefficient (Wildman–Crippen LogP) is 3.56. The van der Waals surface area contributed by atoms with Crippen molar-refractivity contribution >= 4 is 39.6 Å². The molecule has 0 atom stereocenters. The number of nitriles is 1. The lowest BCUT2D eigenvalue weighted by Gasteiger charge is -2.26. The molecule has 28 heavy (non-hydrogen) atoms. The Bertz CT molecular complexity index is 1180. The molecule has 4 heterocycles. The van der Waals surface area contributed by atoms with Crippen molar-refractivity contribution in [1.82, 2.24) is 14.9 Å². The molecule has 0 N–H and O–H groups in total. The molecule has 0 unspecified atom stereocenters. The van der Waals surface area contributed by atoms with E-state index < -0.39 is 11.8 Å². The quantitative estimate of drug-likeness (QED) is 0.501. The fourth-order valence-electron chi connectivity index (χ4n) is 3.00. The summed E-state index contributed by atoms with van der Waals surface area (Å²) in [5.74, 6) is -0.474. The molecule has 3 aromatic heterocycles. The second-order valence-corrected chi connectivity index (χ2v) is 7.17. The van der Waals surface area contributed by atoms with Crippen LogP contribution in [0.15, 0.2) is 51.7 Å². The van der Waals surface area contributed by atoms with E-state index in [1.165, 1.54) is 11.3 Å². The van der Waals surface area contributed by atoms with E-state index in [4.69, 9.17) is 4.42 Å². The molecule has 8 heteroatoms. The van der Waals surface area contributed by atoms with Crippen molar-refractivity contribution in [2.75, 3.05) is 6.54 Å². The first-order chi connectivity index (χ1) is 13.5. The van der Waals surface area contributed by atoms with Gasteiger partial charge in [0.2, 0.25) is 5.89 Å². The number of oxazole rings is 1. The molecule has 138 valence electrons. The Kier molecular flexibility index (Phi) is 4.37. The molecule has 7 nitrogen and oxygen atoms in total. The van der Waals surface area contributed by atoms with E-state index in [2.05, 4.69) is 9.97 Å². The van der Waals surface area contributed by atoms with Crippen LogP contribution in [0.2, 0.25) is 0 Å². The molecule has 0 saturated heterocycles. The minimum absolute atomic E-state index is 0.00932. The Labute approximate surface area is 164 Å². The summed E-state index contributed by atoms with van der Waals surface area (Å²) in [5.41, 5.74) is 2.09. The van der Waals surface area contributed by atoms with E-state index in [0.717, 1.165) is 15.3 Å². The third-order valence-corrected chi connectivity index (χ3v) is 5.40. The van der Waals surface area contributed by atoms with Crippen LogP contribution in [0.1, 0.15) is 18.7 Å². The lowest BCUT2D eigenvalue weighted by Crippen LogP contribution is -2.42. The van der Waals surface area contributed by atoms with Crippen LogP contribution in [-0.4, -0.2) is 33.2 Å². The van der Waals surface area contributed by atoms with Crippen LogP contribution in [0.4, 0.5) is 0 Å². The summed E-state index contributed by atoms with van der Waals surface area (Å²) in [7, 11) is 0. The first-order valence-corrected chi connectivity index (χ1v) is 9.35. The lowest BCUT2D eigenvalue weighted by atomic mass is 9.95. The van der Waals surface area contributed by atoms with Crippen molar-refractivity contribution in [3.63, 3.8) is 0 Å². The highest BCUT2D eigenvalue weighted by atomic mass is 32.1. The maximum Gasteiger partial charge on any atom is 0.271 e. The van der Waals surface area contributed by atoms with Crippen LogP contribution < -0.4 is 0 Å². The van der Waals surface area contributed by atoms with Gasteiger partial charge >= 0.3 is 0 Å². The van der Waals surface area contributed by atoms with Gasteiger partial charge in [0.15, 0.2) is 10.4 Å². The van der Waals surface area contributed by atoms with Crippen molar-refractivity contribution < 1.29 is 14.0 Å². The van der Waals surface area contributed by atoms with Crippen molar-refractivity contribution in [1.29, 1.82) is 5.26 Å². The number of likely N-dealkylation sites (N-methyl/N-ethyl adjacent to an activating group) is 1. The smallest absolute Gasteiger partial charge is 0.271 e. The number of pyridine rings is 1. The maximum atomic E-state index is 12.7. The SMILES string of the molecule is CCN1C(=O)C(C#N)=C(C)/C(=C/c2cc3oc(-c4cccnc4)nc3s2)C1=O. The number of hydrogen-bond acceptors (Lipinski definition) is 7. The maximum absolute atomic E-state index is 12.7. The molecule has 0 radical (unpaired) electrons. The number of fused-ring (bicyclic) bond motifs is 1. The molecule has 1 aliphatic heterocycles. The van der Waals surface area contributed by atoms with Gasteiger partial charge in [-0.25, -0.2) is 0 Å². The molecule has 0 fully saturated rings. The summed E-state index contributed by atoms with van der Waals surface area (Å²) < 4.78 is 5.80. The zero-order chi connectivity index (χ0) is 19.8. The zero-order valence-electron chi connectivity index (χ0n) is 15.1. The molecule has 0 saturated carbocycles. The number of carbonyl (C=O) groups excluding carboxylic acids is 2. The number of nitrogens with zero attached hydrogens (tertiary/aromatic N) is 4. The van der Waals surface area contributed by atoms with Crippen molar-refractivity contribution in [3.8, 4) is 17.5 Å². The normalized spacial score (nSPS) is 16.3. The minimum Gasteiger partial charge on any atom is -0.435 e. The topological polar surface area (TPSA) is 100 Å². The monoisotopic (exact) mass is 390 g/mol. The third kappa shape index (κ3) is 2.82. The molecule has 1 aliphatic rings. The van der Waals surface area contributed by atoms with Gasteiger partial charge in [0, 0.05) is 35.5 Å². The van der Waals surface area contributed by atoms with E-state index in [0.29, 0.717) is 27.5 Å². The molecule has 0 bridgehead atoms. The first-order valence-electron chi connectivity index (χ1n) is 8.53. The fourth-order valence-corrected chi connectivity index (χ4v) is 3.89. The summed E-state index contributed by atoms with van der Waals surface area (Å²) >= 11 is 1.37. The number of rotatable bonds is 3. The van der Waals surface area contributed by atoms with Crippen molar-refractivity contribution in [3.05, 3.63) is 52.2 Å². The van der Waals surface area contributed by atoms with Crippen LogP contribution in [0.5, 0.6) is 0 Å². The minimum atomic E-state index is -0.549. The van der Waals surface area contributed by atoms with Gasteiger partial charge in [-0.05, 0) is 37.6 Å². The van der Waals surface area contributed by atoms with E-state index in [-0.39, 0.29) is 12.1 Å². The van der Waals surface area contributed by atoms with E-state index in [1.54, 1.807) is 44.4 Å². The molecule has 3 aromatic rings. The van der Waals surface area contributed by atoms with Gasteiger partial charge in [0.05, 0.1) is 5.56 Å². The van der Waals surface area contributed by atoms with Crippen LogP contribution >= 0.6 is 11.3 Å². The van der Waals surface area contributed by atoms with Crippen molar-refractivity contribution in [2.24, 2.45) is 0 Å². The van der Waals surface area contributed by atoms with Crippen molar-refractivity contribution in [2.45, 2.75) is 13.8 Å². The van der Waals surface area contributed by atoms with E-state index >= 15 is 0 Å². The van der Waals surface area contributed by atoms with Crippen LogP contribution in [0.25, 0.3) is 27.9 Å². The molecule has 0 spiro atoms. The van der Waals surface area contributed by atoms with Crippen LogP contribution in [0.3, 0.4) is 0 Å². The molecular weight excluding hydrogens is 376 g/mol.